The predicted molar refractivity (Wildman–Crippen MR) is 68.0 cm³/mol. The molecule has 0 spiro atoms. The van der Waals surface area contributed by atoms with Gasteiger partial charge in [-0.3, -0.25) is 0 Å². The molecule has 1 aliphatic carbocycles. The molecule has 1 aliphatic rings. The SMILES string of the molecule is N#CCCCCOc1cccc2c1CCC2=NO. The molecule has 4 heteroatoms. The third-order valence-corrected chi connectivity index (χ3v) is 3.12. The zero-order valence-electron chi connectivity index (χ0n) is 10.2. The lowest BCUT2D eigenvalue weighted by Crippen LogP contribution is -2.00. The zero-order chi connectivity index (χ0) is 12.8. The van der Waals surface area contributed by atoms with Crippen molar-refractivity contribution in [2.75, 3.05) is 6.61 Å². The molecule has 0 aromatic heterocycles. The molecule has 0 heterocycles. The molecule has 1 N–H and O–H groups in total. The smallest absolute Gasteiger partial charge is 0.123 e. The first-order chi connectivity index (χ1) is 8.86. The van der Waals surface area contributed by atoms with Crippen LogP contribution in [0, 0.1) is 11.3 Å². The summed E-state index contributed by atoms with van der Waals surface area (Å²) >= 11 is 0. The fourth-order valence-electron chi connectivity index (χ4n) is 2.20. The van der Waals surface area contributed by atoms with E-state index in [9.17, 15) is 0 Å². The molecule has 0 fully saturated rings. The minimum atomic E-state index is 0.581. The fraction of sp³-hybridized carbons (Fsp3) is 0.429. The molecule has 0 amide bonds. The minimum absolute atomic E-state index is 0.581. The van der Waals surface area contributed by atoms with Crippen LogP contribution in [0.5, 0.6) is 5.75 Å². The van der Waals surface area contributed by atoms with Gasteiger partial charge in [-0.2, -0.15) is 5.26 Å². The van der Waals surface area contributed by atoms with E-state index in [0.717, 1.165) is 48.3 Å². The van der Waals surface area contributed by atoms with E-state index in [-0.39, 0.29) is 0 Å². The van der Waals surface area contributed by atoms with Crippen LogP contribution in [0.3, 0.4) is 0 Å². The van der Waals surface area contributed by atoms with Crippen LogP contribution in [0.2, 0.25) is 0 Å². The normalized spacial score (nSPS) is 15.4. The monoisotopic (exact) mass is 244 g/mol. The van der Waals surface area contributed by atoms with Crippen molar-refractivity contribution in [2.24, 2.45) is 5.16 Å². The fourth-order valence-corrected chi connectivity index (χ4v) is 2.20. The Morgan fingerprint density at radius 3 is 3.00 bits per heavy atom. The molecule has 1 aromatic rings. The first-order valence-corrected chi connectivity index (χ1v) is 6.19. The van der Waals surface area contributed by atoms with Gasteiger partial charge >= 0.3 is 0 Å². The van der Waals surface area contributed by atoms with Crippen molar-refractivity contribution in [2.45, 2.75) is 32.1 Å². The Kier molecular flexibility index (Phi) is 4.19. The maximum absolute atomic E-state index is 8.89. The van der Waals surface area contributed by atoms with Crippen molar-refractivity contribution in [3.8, 4) is 11.8 Å². The van der Waals surface area contributed by atoms with Crippen molar-refractivity contribution >= 4 is 5.71 Å². The number of nitriles is 1. The van der Waals surface area contributed by atoms with E-state index in [0.29, 0.717) is 13.0 Å². The Morgan fingerprint density at radius 2 is 2.22 bits per heavy atom. The second-order valence-electron chi connectivity index (χ2n) is 4.29. The first-order valence-electron chi connectivity index (χ1n) is 6.19. The Balaban J connectivity index is 1.99. The Hall–Kier alpha value is -2.02. The molecule has 0 aliphatic heterocycles. The second-order valence-corrected chi connectivity index (χ2v) is 4.29. The number of rotatable bonds is 5. The van der Waals surface area contributed by atoms with E-state index in [4.69, 9.17) is 15.2 Å². The van der Waals surface area contributed by atoms with E-state index in [1.165, 1.54) is 0 Å². The number of unbranched alkanes of at least 4 members (excludes halogenated alkanes) is 2. The molecular weight excluding hydrogens is 228 g/mol. The van der Waals surface area contributed by atoms with Crippen LogP contribution in [-0.4, -0.2) is 17.5 Å². The van der Waals surface area contributed by atoms with Crippen LogP contribution in [0.15, 0.2) is 23.4 Å². The van der Waals surface area contributed by atoms with Crippen LogP contribution in [0.1, 0.15) is 36.8 Å². The predicted octanol–water partition coefficient (Wildman–Crippen LogP) is 2.88. The molecular formula is C14H16N2O2. The maximum atomic E-state index is 8.89. The van der Waals surface area contributed by atoms with Crippen LogP contribution >= 0.6 is 0 Å². The molecule has 0 radical (unpaired) electrons. The van der Waals surface area contributed by atoms with Crippen molar-refractivity contribution in [3.05, 3.63) is 29.3 Å². The van der Waals surface area contributed by atoms with Gasteiger partial charge in [0.1, 0.15) is 5.75 Å². The molecule has 4 nitrogen and oxygen atoms in total. The lowest BCUT2D eigenvalue weighted by Gasteiger charge is -2.09. The third kappa shape index (κ3) is 2.62. The number of nitrogens with zero attached hydrogens (tertiary/aromatic N) is 2. The number of hydrogen-bond donors (Lipinski definition) is 1. The van der Waals surface area contributed by atoms with E-state index < -0.39 is 0 Å². The van der Waals surface area contributed by atoms with Gasteiger partial charge < -0.3 is 9.94 Å². The second kappa shape index (κ2) is 6.06. The molecule has 0 bridgehead atoms. The standard InChI is InChI=1S/C14H16N2O2/c15-9-2-1-3-10-18-14-6-4-5-11-12(14)7-8-13(11)16-17/h4-6,17H,1-3,7-8,10H2. The van der Waals surface area contributed by atoms with Gasteiger partial charge in [-0.1, -0.05) is 17.3 Å². The van der Waals surface area contributed by atoms with E-state index in [1.807, 2.05) is 18.2 Å². The number of fused-ring (bicyclic) bond motifs is 1. The van der Waals surface area contributed by atoms with Gasteiger partial charge in [0, 0.05) is 17.5 Å². The first kappa shape index (κ1) is 12.4. The summed E-state index contributed by atoms with van der Waals surface area (Å²) in [6.45, 7) is 0.629. The quantitative estimate of drug-likeness (QED) is 0.492. The summed E-state index contributed by atoms with van der Waals surface area (Å²) in [7, 11) is 0. The summed E-state index contributed by atoms with van der Waals surface area (Å²) in [6, 6.07) is 7.95. The average molecular weight is 244 g/mol. The van der Waals surface area contributed by atoms with Crippen molar-refractivity contribution in [1.29, 1.82) is 5.26 Å². The van der Waals surface area contributed by atoms with Crippen molar-refractivity contribution in [3.63, 3.8) is 0 Å². The van der Waals surface area contributed by atoms with Crippen LogP contribution in [-0.2, 0) is 6.42 Å². The summed E-state index contributed by atoms with van der Waals surface area (Å²) < 4.78 is 5.74. The zero-order valence-corrected chi connectivity index (χ0v) is 10.2. The lowest BCUT2D eigenvalue weighted by molar-refractivity contribution is 0.305. The molecule has 1 aromatic carbocycles. The van der Waals surface area contributed by atoms with Gasteiger partial charge in [0.15, 0.2) is 0 Å². The number of benzene rings is 1. The van der Waals surface area contributed by atoms with Gasteiger partial charge in [0.05, 0.1) is 18.4 Å². The largest absolute Gasteiger partial charge is 0.493 e. The Bertz CT molecular complexity index is 489. The molecule has 94 valence electrons. The Labute approximate surface area is 106 Å². The molecule has 2 rings (SSSR count). The van der Waals surface area contributed by atoms with E-state index >= 15 is 0 Å². The van der Waals surface area contributed by atoms with Crippen molar-refractivity contribution in [1.82, 2.24) is 0 Å². The lowest BCUT2D eigenvalue weighted by atomic mass is 10.1. The highest BCUT2D eigenvalue weighted by Gasteiger charge is 2.21. The van der Waals surface area contributed by atoms with E-state index in [2.05, 4.69) is 11.2 Å². The molecule has 0 saturated carbocycles. The Morgan fingerprint density at radius 1 is 1.33 bits per heavy atom. The minimum Gasteiger partial charge on any atom is -0.493 e. The molecule has 0 saturated heterocycles. The number of oxime groups is 1. The highest BCUT2D eigenvalue weighted by molar-refractivity contribution is 6.04. The van der Waals surface area contributed by atoms with Gasteiger partial charge in [0.25, 0.3) is 0 Å². The number of ether oxygens (including phenoxy) is 1. The van der Waals surface area contributed by atoms with Crippen LogP contribution in [0.4, 0.5) is 0 Å². The molecule has 18 heavy (non-hydrogen) atoms. The third-order valence-electron chi connectivity index (χ3n) is 3.12. The van der Waals surface area contributed by atoms with Gasteiger partial charge in [0.2, 0.25) is 0 Å². The topological polar surface area (TPSA) is 65.6 Å². The van der Waals surface area contributed by atoms with Crippen LogP contribution in [0.25, 0.3) is 0 Å². The summed E-state index contributed by atoms with van der Waals surface area (Å²) in [5.41, 5.74) is 2.86. The molecule has 0 unspecified atom stereocenters. The van der Waals surface area contributed by atoms with Gasteiger partial charge in [-0.05, 0) is 31.7 Å². The highest BCUT2D eigenvalue weighted by atomic mass is 16.5. The van der Waals surface area contributed by atoms with Gasteiger partial charge in [-0.25, -0.2) is 0 Å². The summed E-state index contributed by atoms with van der Waals surface area (Å²) in [5.74, 6) is 0.878. The van der Waals surface area contributed by atoms with Gasteiger partial charge in [-0.15, -0.1) is 0 Å². The maximum Gasteiger partial charge on any atom is 0.123 e. The summed E-state index contributed by atoms with van der Waals surface area (Å²) in [6.07, 6.45) is 3.97. The number of hydrogen-bond acceptors (Lipinski definition) is 4. The van der Waals surface area contributed by atoms with E-state index in [1.54, 1.807) is 0 Å². The van der Waals surface area contributed by atoms with Crippen molar-refractivity contribution < 1.29 is 9.94 Å². The molecule has 0 atom stereocenters. The highest BCUT2D eigenvalue weighted by Crippen LogP contribution is 2.31. The average Bonchev–Trinajstić information content (AvgIpc) is 2.82. The van der Waals surface area contributed by atoms with Crippen LogP contribution < -0.4 is 4.74 Å². The summed E-state index contributed by atoms with van der Waals surface area (Å²) in [5, 5.41) is 20.6. The summed E-state index contributed by atoms with van der Waals surface area (Å²) in [4.78, 5) is 0.